The minimum Gasteiger partial charge on any atom is -0.377 e. The van der Waals surface area contributed by atoms with Crippen LogP contribution in [0.1, 0.15) is 45.1 Å². The van der Waals surface area contributed by atoms with Crippen molar-refractivity contribution in [2.75, 3.05) is 10.6 Å². The smallest absolute Gasteiger partial charge is 0.292 e. The first-order valence-electron chi connectivity index (χ1n) is 7.42. The van der Waals surface area contributed by atoms with E-state index in [1.807, 2.05) is 0 Å². The average Bonchev–Trinajstić information content (AvgIpc) is 2.45. The molecule has 0 fully saturated rings. The Hall–Kier alpha value is -2.11. The summed E-state index contributed by atoms with van der Waals surface area (Å²) in [5.74, 6) is -0.0390. The van der Waals surface area contributed by atoms with Gasteiger partial charge in [-0.05, 0) is 30.9 Å². The van der Waals surface area contributed by atoms with E-state index in [2.05, 4.69) is 24.5 Å². The van der Waals surface area contributed by atoms with Crippen LogP contribution in [0, 0.1) is 10.1 Å². The molecule has 0 saturated carbocycles. The largest absolute Gasteiger partial charge is 0.377 e. The summed E-state index contributed by atoms with van der Waals surface area (Å²) in [6.07, 6.45) is 3.80. The van der Waals surface area contributed by atoms with Gasteiger partial charge in [-0.3, -0.25) is 14.9 Å². The molecule has 1 unspecified atom stereocenters. The second kappa shape index (κ2) is 6.56. The lowest BCUT2D eigenvalue weighted by Crippen LogP contribution is -2.22. The Bertz CT molecular complexity index is 557. The lowest BCUT2D eigenvalue weighted by molar-refractivity contribution is -0.384. The quantitative estimate of drug-likeness (QED) is 0.621. The van der Waals surface area contributed by atoms with Gasteiger partial charge in [-0.15, -0.1) is 0 Å². The van der Waals surface area contributed by atoms with Crippen LogP contribution in [0.3, 0.4) is 0 Å². The van der Waals surface area contributed by atoms with Crippen LogP contribution in [0.15, 0.2) is 12.1 Å². The van der Waals surface area contributed by atoms with Gasteiger partial charge < -0.3 is 10.6 Å². The van der Waals surface area contributed by atoms with Crippen LogP contribution in [0.2, 0.25) is 0 Å². The summed E-state index contributed by atoms with van der Waals surface area (Å²) < 4.78 is 0. The lowest BCUT2D eigenvalue weighted by Gasteiger charge is -2.21. The fourth-order valence-corrected chi connectivity index (χ4v) is 2.63. The van der Waals surface area contributed by atoms with Crippen molar-refractivity contribution in [1.82, 2.24) is 0 Å². The third kappa shape index (κ3) is 3.51. The molecule has 1 atom stereocenters. The van der Waals surface area contributed by atoms with Crippen molar-refractivity contribution in [3.63, 3.8) is 0 Å². The number of nitrogens with zero attached hydrogens (tertiary/aromatic N) is 1. The molecule has 1 amide bonds. The third-order valence-corrected chi connectivity index (χ3v) is 3.80. The zero-order chi connectivity index (χ0) is 15.4. The fourth-order valence-electron chi connectivity index (χ4n) is 2.63. The number of nitro benzene ring substituents is 1. The minimum absolute atomic E-state index is 0.0390. The molecule has 0 bridgehead atoms. The molecule has 0 saturated heterocycles. The van der Waals surface area contributed by atoms with Crippen molar-refractivity contribution in [2.45, 2.75) is 52.0 Å². The molecule has 1 aliphatic heterocycles. The van der Waals surface area contributed by atoms with Crippen LogP contribution in [-0.4, -0.2) is 16.9 Å². The third-order valence-electron chi connectivity index (χ3n) is 3.80. The zero-order valence-electron chi connectivity index (χ0n) is 12.4. The Morgan fingerprint density at radius 3 is 2.76 bits per heavy atom. The Labute approximate surface area is 124 Å². The molecule has 0 radical (unpaired) electrons. The van der Waals surface area contributed by atoms with Crippen molar-refractivity contribution < 1.29 is 9.72 Å². The molecular weight excluding hydrogens is 270 g/mol. The predicted molar refractivity (Wildman–Crippen MR) is 82.7 cm³/mol. The molecule has 0 spiro atoms. The normalized spacial score (nSPS) is 15.0. The SMILES string of the molecule is CCCC(CC)Nc1cc2c(cc1[N+](=O)[O-])CCC(=O)N2. The van der Waals surface area contributed by atoms with Crippen LogP contribution in [-0.2, 0) is 11.2 Å². The molecule has 6 heteroatoms. The zero-order valence-corrected chi connectivity index (χ0v) is 12.4. The first kappa shape index (κ1) is 15.3. The van der Waals surface area contributed by atoms with E-state index < -0.39 is 0 Å². The monoisotopic (exact) mass is 291 g/mol. The molecular formula is C15H21N3O3. The number of hydrogen-bond donors (Lipinski definition) is 2. The number of aryl methyl sites for hydroxylation is 1. The lowest BCUT2D eigenvalue weighted by atomic mass is 10.0. The maximum absolute atomic E-state index is 11.5. The van der Waals surface area contributed by atoms with E-state index in [1.54, 1.807) is 12.1 Å². The highest BCUT2D eigenvalue weighted by molar-refractivity contribution is 5.95. The summed E-state index contributed by atoms with van der Waals surface area (Å²) in [4.78, 5) is 22.4. The highest BCUT2D eigenvalue weighted by atomic mass is 16.6. The second-order valence-electron chi connectivity index (χ2n) is 5.37. The number of hydrogen-bond acceptors (Lipinski definition) is 4. The fraction of sp³-hybridized carbons (Fsp3) is 0.533. The van der Waals surface area contributed by atoms with Gasteiger partial charge in [0.25, 0.3) is 5.69 Å². The Morgan fingerprint density at radius 2 is 2.14 bits per heavy atom. The van der Waals surface area contributed by atoms with Gasteiger partial charge in [-0.1, -0.05) is 20.3 Å². The van der Waals surface area contributed by atoms with Crippen LogP contribution in [0.5, 0.6) is 0 Å². The van der Waals surface area contributed by atoms with Crippen molar-refractivity contribution >= 4 is 23.0 Å². The molecule has 114 valence electrons. The van der Waals surface area contributed by atoms with Crippen LogP contribution in [0.25, 0.3) is 0 Å². The van der Waals surface area contributed by atoms with Crippen molar-refractivity contribution in [3.05, 3.63) is 27.8 Å². The average molecular weight is 291 g/mol. The summed E-state index contributed by atoms with van der Waals surface area (Å²) in [5.41, 5.74) is 2.08. The number of nitrogens with one attached hydrogen (secondary N) is 2. The van der Waals surface area contributed by atoms with E-state index in [1.165, 1.54) is 0 Å². The summed E-state index contributed by atoms with van der Waals surface area (Å²) >= 11 is 0. The first-order chi connectivity index (χ1) is 10.0. The standard InChI is InChI=1S/C15H21N3O3/c1-3-5-11(4-2)16-13-9-12-10(6-7-15(19)17-12)8-14(13)18(20)21/h8-9,11,16H,3-7H2,1-2H3,(H,17,19). The number of carbonyl (C=O) groups is 1. The number of benzene rings is 1. The first-order valence-corrected chi connectivity index (χ1v) is 7.42. The number of nitro groups is 1. The molecule has 2 N–H and O–H groups in total. The Balaban J connectivity index is 2.35. The summed E-state index contributed by atoms with van der Waals surface area (Å²) in [5, 5.41) is 17.3. The highest BCUT2D eigenvalue weighted by Gasteiger charge is 2.23. The van der Waals surface area contributed by atoms with Crippen LogP contribution >= 0.6 is 0 Å². The van der Waals surface area contributed by atoms with Crippen molar-refractivity contribution in [3.8, 4) is 0 Å². The van der Waals surface area contributed by atoms with E-state index in [9.17, 15) is 14.9 Å². The van der Waals surface area contributed by atoms with Gasteiger partial charge in [0, 0.05) is 24.2 Å². The van der Waals surface area contributed by atoms with E-state index in [0.717, 1.165) is 24.8 Å². The summed E-state index contributed by atoms with van der Waals surface area (Å²) in [7, 11) is 0. The number of rotatable bonds is 6. The minimum atomic E-state index is -0.363. The van der Waals surface area contributed by atoms with E-state index in [0.29, 0.717) is 24.2 Å². The molecule has 1 heterocycles. The van der Waals surface area contributed by atoms with Gasteiger partial charge in [-0.25, -0.2) is 0 Å². The van der Waals surface area contributed by atoms with Gasteiger partial charge in [0.05, 0.1) is 4.92 Å². The number of fused-ring (bicyclic) bond motifs is 1. The molecule has 0 aliphatic carbocycles. The van der Waals surface area contributed by atoms with E-state index in [-0.39, 0.29) is 22.6 Å². The molecule has 2 rings (SSSR count). The van der Waals surface area contributed by atoms with Gasteiger partial charge in [0.2, 0.25) is 5.91 Å². The second-order valence-corrected chi connectivity index (χ2v) is 5.37. The highest BCUT2D eigenvalue weighted by Crippen LogP contribution is 2.34. The number of anilines is 2. The molecule has 0 aromatic heterocycles. The van der Waals surface area contributed by atoms with Gasteiger partial charge in [0.15, 0.2) is 0 Å². The molecule has 1 aromatic rings. The van der Waals surface area contributed by atoms with E-state index >= 15 is 0 Å². The molecule has 1 aromatic carbocycles. The van der Waals surface area contributed by atoms with Crippen molar-refractivity contribution in [2.24, 2.45) is 0 Å². The maximum Gasteiger partial charge on any atom is 0.292 e. The molecule has 21 heavy (non-hydrogen) atoms. The van der Waals surface area contributed by atoms with Crippen LogP contribution < -0.4 is 10.6 Å². The van der Waals surface area contributed by atoms with Gasteiger partial charge in [0.1, 0.15) is 5.69 Å². The predicted octanol–water partition coefficient (Wildman–Crippen LogP) is 3.47. The Morgan fingerprint density at radius 1 is 1.38 bits per heavy atom. The Kier molecular flexibility index (Phi) is 4.77. The maximum atomic E-state index is 11.5. The summed E-state index contributed by atoms with van der Waals surface area (Å²) in [6, 6.07) is 3.48. The van der Waals surface area contributed by atoms with Gasteiger partial charge >= 0.3 is 0 Å². The number of amides is 1. The molecule has 1 aliphatic rings. The van der Waals surface area contributed by atoms with Crippen molar-refractivity contribution in [1.29, 1.82) is 0 Å². The number of carbonyl (C=O) groups excluding carboxylic acids is 1. The van der Waals surface area contributed by atoms with Gasteiger partial charge in [-0.2, -0.15) is 0 Å². The summed E-state index contributed by atoms with van der Waals surface area (Å²) in [6.45, 7) is 4.14. The van der Waals surface area contributed by atoms with E-state index in [4.69, 9.17) is 0 Å². The molecule has 6 nitrogen and oxygen atoms in total. The topological polar surface area (TPSA) is 84.3 Å². The van der Waals surface area contributed by atoms with Crippen LogP contribution in [0.4, 0.5) is 17.1 Å².